The summed E-state index contributed by atoms with van der Waals surface area (Å²) in [7, 11) is -0.196. The van der Waals surface area contributed by atoms with Crippen molar-refractivity contribution in [1.82, 2.24) is 0 Å². The molecule has 2 aromatic carbocycles. The highest BCUT2D eigenvalue weighted by Gasteiger charge is 2.26. The summed E-state index contributed by atoms with van der Waals surface area (Å²) in [5.74, 6) is 0. The molecule has 2 heteroatoms. The Labute approximate surface area is 117 Å². The molecule has 0 aliphatic carbocycles. The van der Waals surface area contributed by atoms with Crippen LogP contribution in [0.1, 0.15) is 19.4 Å². The maximum atomic E-state index is 3.68. The van der Waals surface area contributed by atoms with Crippen molar-refractivity contribution in [3.63, 3.8) is 0 Å². The fraction of sp³-hybridized carbons (Fsp3) is 0.412. The second-order valence-corrected chi connectivity index (χ2v) is 9.01. The van der Waals surface area contributed by atoms with E-state index in [0.717, 1.165) is 5.54 Å². The van der Waals surface area contributed by atoms with Crippen molar-refractivity contribution >= 4 is 25.3 Å². The number of fused-ring (bicyclic) bond motifs is 3. The lowest BCUT2D eigenvalue weighted by Crippen LogP contribution is -2.30. The summed E-state index contributed by atoms with van der Waals surface area (Å²) in [6.45, 7) is 5.92. The van der Waals surface area contributed by atoms with Crippen LogP contribution in [-0.2, 0) is 6.42 Å². The summed E-state index contributed by atoms with van der Waals surface area (Å²) in [6.07, 6.45) is 1.28. The number of benzene rings is 2. The van der Waals surface area contributed by atoms with Gasteiger partial charge in [-0.3, -0.25) is 0 Å². The van der Waals surface area contributed by atoms with Crippen molar-refractivity contribution in [1.29, 1.82) is 0 Å². The molecular weight excluding hydrogens is 246 g/mol. The van der Waals surface area contributed by atoms with Crippen LogP contribution in [0.4, 0.5) is 5.69 Å². The third kappa shape index (κ3) is 2.30. The van der Waals surface area contributed by atoms with Gasteiger partial charge in [0.1, 0.15) is 0 Å². The van der Waals surface area contributed by atoms with E-state index in [9.17, 15) is 0 Å². The van der Waals surface area contributed by atoms with E-state index in [1.165, 1.54) is 41.5 Å². The average molecular weight is 268 g/mol. The van der Waals surface area contributed by atoms with Crippen LogP contribution in [0.25, 0.3) is 10.8 Å². The van der Waals surface area contributed by atoms with E-state index in [0.29, 0.717) is 0 Å². The molecule has 0 fully saturated rings. The smallest absolute Gasteiger partial charge is 0.0530 e. The first-order chi connectivity index (χ1) is 9.33. The lowest BCUT2D eigenvalue weighted by molar-refractivity contribution is 0.801. The van der Waals surface area contributed by atoms with E-state index in [-0.39, 0.29) is 8.80 Å². The zero-order valence-corrected chi connectivity index (χ0v) is 12.9. The Balaban J connectivity index is 2.00. The third-order valence-corrected chi connectivity index (χ3v) is 7.90. The minimum atomic E-state index is -0.196. The number of hydrogen-bond donors (Lipinski definition) is 1. The monoisotopic (exact) mass is 268 g/mol. The molecule has 0 aromatic heterocycles. The van der Waals surface area contributed by atoms with Crippen LogP contribution < -0.4 is 5.32 Å². The Morgan fingerprint density at radius 1 is 1.11 bits per heavy atom. The van der Waals surface area contributed by atoms with Crippen molar-refractivity contribution in [2.24, 2.45) is 0 Å². The molecular formula is C17H22NSi. The minimum Gasteiger partial charge on any atom is -0.385 e. The molecule has 2 aromatic rings. The first-order valence-electron chi connectivity index (χ1n) is 7.42. The molecule has 3 rings (SSSR count). The van der Waals surface area contributed by atoms with E-state index >= 15 is 0 Å². The maximum absolute atomic E-state index is 3.68. The highest BCUT2D eigenvalue weighted by Crippen LogP contribution is 2.35. The van der Waals surface area contributed by atoms with E-state index in [4.69, 9.17) is 0 Å². The van der Waals surface area contributed by atoms with Crippen molar-refractivity contribution < 1.29 is 0 Å². The molecule has 1 atom stereocenters. The second kappa shape index (κ2) is 5.38. The fourth-order valence-corrected chi connectivity index (χ4v) is 5.93. The summed E-state index contributed by atoms with van der Waals surface area (Å²) >= 11 is 0. The van der Waals surface area contributed by atoms with Crippen molar-refractivity contribution in [3.05, 3.63) is 42.0 Å². The molecule has 0 bridgehead atoms. The predicted octanol–water partition coefficient (Wildman–Crippen LogP) is 4.71. The van der Waals surface area contributed by atoms with Gasteiger partial charge < -0.3 is 5.32 Å². The molecule has 19 heavy (non-hydrogen) atoms. The van der Waals surface area contributed by atoms with Crippen LogP contribution >= 0.6 is 0 Å². The van der Waals surface area contributed by atoms with Gasteiger partial charge in [-0.25, -0.2) is 0 Å². The van der Waals surface area contributed by atoms with Crippen molar-refractivity contribution in [2.75, 3.05) is 11.9 Å². The van der Waals surface area contributed by atoms with Gasteiger partial charge in [0, 0.05) is 12.2 Å². The van der Waals surface area contributed by atoms with Gasteiger partial charge in [-0.1, -0.05) is 56.3 Å². The minimum absolute atomic E-state index is 0.196. The first kappa shape index (κ1) is 12.7. The SMILES string of the molecule is CC[Si](CC)[C@H]1CNc2ccc3ccccc3c2C1. The van der Waals surface area contributed by atoms with Crippen LogP contribution in [-0.4, -0.2) is 15.3 Å². The lowest BCUT2D eigenvalue weighted by Gasteiger charge is -2.31. The molecule has 0 spiro atoms. The van der Waals surface area contributed by atoms with E-state index < -0.39 is 0 Å². The average Bonchev–Trinajstić information content (AvgIpc) is 2.48. The summed E-state index contributed by atoms with van der Waals surface area (Å²) in [4.78, 5) is 0. The predicted molar refractivity (Wildman–Crippen MR) is 86.6 cm³/mol. The van der Waals surface area contributed by atoms with Gasteiger partial charge in [0.2, 0.25) is 0 Å². The van der Waals surface area contributed by atoms with Crippen LogP contribution in [0.15, 0.2) is 36.4 Å². The van der Waals surface area contributed by atoms with Crippen LogP contribution in [0, 0.1) is 0 Å². The standard InChI is InChI=1S/C17H22NSi/c1-3-19(4-2)14-11-16-15-8-6-5-7-13(15)9-10-17(16)18-12-14/h5-10,14,18H,3-4,11-12H2,1-2H3/t14-/m1/s1. The molecule has 0 saturated heterocycles. The lowest BCUT2D eigenvalue weighted by atomic mass is 9.96. The molecule has 0 saturated carbocycles. The summed E-state index contributed by atoms with van der Waals surface area (Å²) in [5, 5.41) is 6.51. The number of nitrogens with one attached hydrogen (secondary N) is 1. The molecule has 1 nitrogen and oxygen atoms in total. The Hall–Kier alpha value is -1.28. The maximum Gasteiger partial charge on any atom is 0.0530 e. The Bertz CT molecular complexity index is 574. The number of hydrogen-bond acceptors (Lipinski definition) is 1. The molecule has 0 unspecified atom stereocenters. The van der Waals surface area contributed by atoms with Gasteiger partial charge in [0.25, 0.3) is 0 Å². The van der Waals surface area contributed by atoms with E-state index in [2.05, 4.69) is 55.6 Å². The van der Waals surface area contributed by atoms with Gasteiger partial charge in [-0.15, -0.1) is 0 Å². The van der Waals surface area contributed by atoms with Crippen molar-refractivity contribution in [3.8, 4) is 0 Å². The Morgan fingerprint density at radius 3 is 2.68 bits per heavy atom. The molecule has 0 amide bonds. The fourth-order valence-electron chi connectivity index (χ4n) is 3.39. The summed E-state index contributed by atoms with van der Waals surface area (Å²) < 4.78 is 0. The van der Waals surface area contributed by atoms with Gasteiger partial charge in [-0.2, -0.15) is 0 Å². The molecule has 1 radical (unpaired) electrons. The highest BCUT2D eigenvalue weighted by molar-refractivity contribution is 6.60. The molecule has 1 heterocycles. The third-order valence-electron chi connectivity index (χ3n) is 4.52. The topological polar surface area (TPSA) is 12.0 Å². The summed E-state index contributed by atoms with van der Waals surface area (Å²) in [6, 6.07) is 16.1. The number of rotatable bonds is 3. The second-order valence-electron chi connectivity index (χ2n) is 5.46. The Kier molecular flexibility index (Phi) is 3.60. The van der Waals surface area contributed by atoms with E-state index in [1.807, 2.05) is 0 Å². The van der Waals surface area contributed by atoms with Crippen LogP contribution in [0.5, 0.6) is 0 Å². The number of anilines is 1. The Morgan fingerprint density at radius 2 is 1.89 bits per heavy atom. The first-order valence-corrected chi connectivity index (χ1v) is 9.41. The molecule has 1 aliphatic rings. The highest BCUT2D eigenvalue weighted by atomic mass is 28.3. The quantitative estimate of drug-likeness (QED) is 0.795. The molecule has 99 valence electrons. The molecule has 1 aliphatic heterocycles. The molecule has 1 N–H and O–H groups in total. The van der Waals surface area contributed by atoms with Gasteiger partial charge in [-0.05, 0) is 34.4 Å². The van der Waals surface area contributed by atoms with E-state index in [1.54, 1.807) is 5.56 Å². The summed E-state index contributed by atoms with van der Waals surface area (Å²) in [5.41, 5.74) is 3.81. The van der Waals surface area contributed by atoms with Gasteiger partial charge in [0.05, 0.1) is 8.80 Å². The normalized spacial score (nSPS) is 18.4. The largest absolute Gasteiger partial charge is 0.385 e. The zero-order chi connectivity index (χ0) is 13.2. The van der Waals surface area contributed by atoms with Crippen molar-refractivity contribution in [2.45, 2.75) is 37.9 Å². The van der Waals surface area contributed by atoms with Gasteiger partial charge >= 0.3 is 0 Å². The van der Waals surface area contributed by atoms with Gasteiger partial charge in [0.15, 0.2) is 0 Å². The van der Waals surface area contributed by atoms with Crippen LogP contribution in [0.3, 0.4) is 0 Å². The van der Waals surface area contributed by atoms with Crippen LogP contribution in [0.2, 0.25) is 17.6 Å². The zero-order valence-electron chi connectivity index (χ0n) is 11.9.